The normalized spacial score (nSPS) is 28.9. The second-order valence-corrected chi connectivity index (χ2v) is 6.01. The number of carbonyl (C=O) groups excluding carboxylic acids is 1. The highest BCUT2D eigenvalue weighted by Crippen LogP contribution is 2.39. The van der Waals surface area contributed by atoms with Gasteiger partial charge in [0.25, 0.3) is 0 Å². The van der Waals surface area contributed by atoms with Gasteiger partial charge in [0, 0.05) is 32.2 Å². The van der Waals surface area contributed by atoms with E-state index in [1.54, 1.807) is 4.90 Å². The summed E-state index contributed by atoms with van der Waals surface area (Å²) < 4.78 is 5.27. The van der Waals surface area contributed by atoms with Gasteiger partial charge in [0.05, 0.1) is 5.41 Å². The Kier molecular flexibility index (Phi) is 4.13. The van der Waals surface area contributed by atoms with Crippen LogP contribution in [0.1, 0.15) is 33.1 Å². The van der Waals surface area contributed by atoms with Crippen LogP contribution in [-0.4, -0.2) is 48.2 Å². The highest BCUT2D eigenvalue weighted by Gasteiger charge is 2.49. The summed E-state index contributed by atoms with van der Waals surface area (Å²) in [5.41, 5.74) is -0.763. The lowest BCUT2D eigenvalue weighted by Gasteiger charge is -2.30. The fourth-order valence-corrected chi connectivity index (χ4v) is 3.12. The van der Waals surface area contributed by atoms with Crippen LogP contribution in [0.25, 0.3) is 0 Å². The van der Waals surface area contributed by atoms with Crippen molar-refractivity contribution in [2.75, 3.05) is 26.3 Å². The van der Waals surface area contributed by atoms with E-state index in [4.69, 9.17) is 4.74 Å². The minimum absolute atomic E-state index is 0.0190. The number of rotatable bonds is 3. The fraction of sp³-hybridized carbons (Fsp3) is 0.857. The zero-order valence-electron chi connectivity index (χ0n) is 11.7. The van der Waals surface area contributed by atoms with Gasteiger partial charge in [-0.05, 0) is 25.2 Å². The molecule has 0 aromatic carbocycles. The Hall–Kier alpha value is -1.10. The Labute approximate surface area is 113 Å². The molecule has 0 saturated carbocycles. The van der Waals surface area contributed by atoms with Gasteiger partial charge >= 0.3 is 5.97 Å². The van der Waals surface area contributed by atoms with Gasteiger partial charge in [-0.25, -0.2) is 0 Å². The number of likely N-dealkylation sites (tertiary alicyclic amines) is 1. The highest BCUT2D eigenvalue weighted by molar-refractivity contribution is 5.82. The van der Waals surface area contributed by atoms with Gasteiger partial charge in [-0.3, -0.25) is 9.59 Å². The first kappa shape index (κ1) is 14.3. The highest BCUT2D eigenvalue weighted by atomic mass is 16.5. The number of ether oxygens (including phenoxy) is 1. The maximum Gasteiger partial charge on any atom is 0.311 e. The third-order valence-corrected chi connectivity index (χ3v) is 4.71. The molecule has 0 aliphatic carbocycles. The zero-order chi connectivity index (χ0) is 14.0. The fourth-order valence-electron chi connectivity index (χ4n) is 3.12. The van der Waals surface area contributed by atoms with Crippen LogP contribution in [-0.2, 0) is 14.3 Å². The second-order valence-electron chi connectivity index (χ2n) is 6.01. The predicted molar refractivity (Wildman–Crippen MR) is 69.6 cm³/mol. The molecule has 0 aromatic rings. The van der Waals surface area contributed by atoms with Gasteiger partial charge in [0.2, 0.25) is 5.91 Å². The number of nitrogens with zero attached hydrogens (tertiary/aromatic N) is 1. The lowest BCUT2D eigenvalue weighted by Crippen LogP contribution is -2.42. The van der Waals surface area contributed by atoms with E-state index in [1.807, 2.05) is 13.8 Å². The van der Waals surface area contributed by atoms with E-state index in [-0.39, 0.29) is 17.7 Å². The van der Waals surface area contributed by atoms with Gasteiger partial charge in [0.1, 0.15) is 0 Å². The average Bonchev–Trinajstić information content (AvgIpc) is 2.85. The summed E-state index contributed by atoms with van der Waals surface area (Å²) in [6.07, 6.45) is 2.09. The lowest BCUT2D eigenvalue weighted by molar-refractivity contribution is -0.151. The Morgan fingerprint density at radius 1 is 1.32 bits per heavy atom. The van der Waals surface area contributed by atoms with E-state index >= 15 is 0 Å². The molecule has 2 heterocycles. The van der Waals surface area contributed by atoms with Crippen LogP contribution in [0.3, 0.4) is 0 Å². The summed E-state index contributed by atoms with van der Waals surface area (Å²) in [5, 5.41) is 9.49. The Balaban J connectivity index is 2.04. The number of carboxylic acids is 1. The van der Waals surface area contributed by atoms with Gasteiger partial charge in [-0.2, -0.15) is 0 Å². The minimum atomic E-state index is -0.773. The van der Waals surface area contributed by atoms with Gasteiger partial charge in [-0.15, -0.1) is 0 Å². The summed E-state index contributed by atoms with van der Waals surface area (Å²) in [5.74, 6) is -0.597. The molecule has 108 valence electrons. The van der Waals surface area contributed by atoms with Crippen molar-refractivity contribution < 1.29 is 19.4 Å². The summed E-state index contributed by atoms with van der Waals surface area (Å²) in [4.78, 5) is 25.7. The number of aliphatic carboxylic acids is 1. The van der Waals surface area contributed by atoms with E-state index in [1.165, 1.54) is 0 Å². The largest absolute Gasteiger partial charge is 0.481 e. The van der Waals surface area contributed by atoms with Crippen LogP contribution in [0.4, 0.5) is 0 Å². The van der Waals surface area contributed by atoms with Crippen molar-refractivity contribution in [3.63, 3.8) is 0 Å². The molecule has 1 N–H and O–H groups in total. The molecule has 2 aliphatic heterocycles. The summed E-state index contributed by atoms with van der Waals surface area (Å²) in [7, 11) is 0. The first-order valence-corrected chi connectivity index (χ1v) is 7.07. The van der Waals surface area contributed by atoms with Crippen LogP contribution >= 0.6 is 0 Å². The molecule has 0 radical (unpaired) electrons. The molecule has 1 unspecified atom stereocenters. The summed E-state index contributed by atoms with van der Waals surface area (Å²) in [6, 6.07) is 0. The van der Waals surface area contributed by atoms with Crippen molar-refractivity contribution in [3.8, 4) is 0 Å². The summed E-state index contributed by atoms with van der Waals surface area (Å²) in [6.45, 7) is 6.06. The SMILES string of the molecule is CC(C)C1(C(=O)O)CCN(C(=O)C2CCOCC2)C1. The Morgan fingerprint density at radius 3 is 2.42 bits per heavy atom. The topological polar surface area (TPSA) is 66.8 Å². The number of hydrogen-bond donors (Lipinski definition) is 1. The molecule has 0 aromatic heterocycles. The lowest BCUT2D eigenvalue weighted by atomic mass is 9.76. The van der Waals surface area contributed by atoms with E-state index < -0.39 is 11.4 Å². The molecule has 2 saturated heterocycles. The second kappa shape index (κ2) is 5.49. The van der Waals surface area contributed by atoms with Crippen LogP contribution < -0.4 is 0 Å². The molecule has 2 aliphatic rings. The quantitative estimate of drug-likeness (QED) is 0.840. The third-order valence-electron chi connectivity index (χ3n) is 4.71. The van der Waals surface area contributed by atoms with Crippen molar-refractivity contribution >= 4 is 11.9 Å². The molecule has 0 spiro atoms. The minimum Gasteiger partial charge on any atom is -0.481 e. The van der Waals surface area contributed by atoms with Gasteiger partial charge < -0.3 is 14.7 Å². The zero-order valence-corrected chi connectivity index (χ0v) is 11.7. The maximum absolute atomic E-state index is 12.4. The molecule has 1 atom stereocenters. The van der Waals surface area contributed by atoms with E-state index in [9.17, 15) is 14.7 Å². The molecule has 0 bridgehead atoms. The van der Waals surface area contributed by atoms with Crippen molar-refractivity contribution in [2.24, 2.45) is 17.3 Å². The van der Waals surface area contributed by atoms with Crippen LogP contribution in [0.5, 0.6) is 0 Å². The van der Waals surface area contributed by atoms with E-state index in [2.05, 4.69) is 0 Å². The number of amides is 1. The Morgan fingerprint density at radius 2 is 1.95 bits per heavy atom. The number of carbonyl (C=O) groups is 2. The molecule has 5 nitrogen and oxygen atoms in total. The number of hydrogen-bond acceptors (Lipinski definition) is 3. The first-order valence-electron chi connectivity index (χ1n) is 7.07. The molecule has 1 amide bonds. The van der Waals surface area contributed by atoms with Crippen LogP contribution in [0.15, 0.2) is 0 Å². The van der Waals surface area contributed by atoms with Crippen molar-refractivity contribution in [1.82, 2.24) is 4.90 Å². The van der Waals surface area contributed by atoms with Gasteiger partial charge in [-0.1, -0.05) is 13.8 Å². The smallest absolute Gasteiger partial charge is 0.311 e. The molecule has 2 rings (SSSR count). The maximum atomic E-state index is 12.4. The predicted octanol–water partition coefficient (Wildman–Crippen LogP) is 1.37. The van der Waals surface area contributed by atoms with Crippen molar-refractivity contribution in [3.05, 3.63) is 0 Å². The van der Waals surface area contributed by atoms with Crippen molar-refractivity contribution in [2.45, 2.75) is 33.1 Å². The molecular weight excluding hydrogens is 246 g/mol. The third kappa shape index (κ3) is 2.61. The molecule has 5 heteroatoms. The van der Waals surface area contributed by atoms with E-state index in [0.717, 1.165) is 12.8 Å². The molecule has 19 heavy (non-hydrogen) atoms. The first-order chi connectivity index (χ1) is 8.97. The monoisotopic (exact) mass is 269 g/mol. The van der Waals surface area contributed by atoms with E-state index in [0.29, 0.717) is 32.7 Å². The van der Waals surface area contributed by atoms with Crippen molar-refractivity contribution in [1.29, 1.82) is 0 Å². The molecular formula is C14H23NO4. The average molecular weight is 269 g/mol. The standard InChI is InChI=1S/C14H23NO4/c1-10(2)14(13(17)18)5-6-15(9-14)12(16)11-3-7-19-8-4-11/h10-11H,3-9H2,1-2H3,(H,17,18). The molecule has 2 fully saturated rings. The Bertz CT molecular complexity index is 362. The van der Waals surface area contributed by atoms with Crippen LogP contribution in [0.2, 0.25) is 0 Å². The van der Waals surface area contributed by atoms with Gasteiger partial charge in [0.15, 0.2) is 0 Å². The van der Waals surface area contributed by atoms with Crippen LogP contribution in [0, 0.1) is 17.3 Å². The number of carboxylic acid groups (broad SMARTS) is 1. The summed E-state index contributed by atoms with van der Waals surface area (Å²) >= 11 is 0.